The molecule has 4 nitrogen and oxygen atoms in total. The number of rotatable bonds is 3. The van der Waals surface area contributed by atoms with E-state index in [0.717, 1.165) is 25.4 Å². The summed E-state index contributed by atoms with van der Waals surface area (Å²) in [4.78, 5) is 10.1. The lowest BCUT2D eigenvalue weighted by molar-refractivity contribution is -0.384. The summed E-state index contributed by atoms with van der Waals surface area (Å²) >= 11 is 0. The monoisotopic (exact) mass is 220 g/mol. The van der Waals surface area contributed by atoms with Crippen molar-refractivity contribution in [2.75, 3.05) is 13.1 Å². The zero-order chi connectivity index (χ0) is 11.4. The molecule has 2 rings (SSSR count). The number of nitrogens with one attached hydrogen (secondary N) is 1. The molecule has 0 aromatic heterocycles. The standard InChI is InChI=1S/C12H16N2O2/c15-14(16)12-3-1-10(2-4-12)9-11-5-7-13-8-6-11/h1-4,11,13H,5-9H2. The van der Waals surface area contributed by atoms with Crippen molar-refractivity contribution in [3.63, 3.8) is 0 Å². The Balaban J connectivity index is 1.96. The van der Waals surface area contributed by atoms with Crippen molar-refractivity contribution in [2.45, 2.75) is 19.3 Å². The van der Waals surface area contributed by atoms with E-state index in [9.17, 15) is 10.1 Å². The first-order valence-corrected chi connectivity index (χ1v) is 5.70. The van der Waals surface area contributed by atoms with Gasteiger partial charge in [-0.25, -0.2) is 0 Å². The van der Waals surface area contributed by atoms with Crippen LogP contribution in [0.1, 0.15) is 18.4 Å². The van der Waals surface area contributed by atoms with Gasteiger partial charge >= 0.3 is 0 Å². The van der Waals surface area contributed by atoms with Crippen LogP contribution in [0, 0.1) is 16.0 Å². The Labute approximate surface area is 94.8 Å². The molecule has 1 heterocycles. The lowest BCUT2D eigenvalue weighted by atomic mass is 9.91. The number of piperidine rings is 1. The molecule has 1 aromatic rings. The first-order chi connectivity index (χ1) is 7.75. The Morgan fingerprint density at radius 2 is 1.88 bits per heavy atom. The number of hydrogen-bond donors (Lipinski definition) is 1. The molecule has 1 aliphatic rings. The highest BCUT2D eigenvalue weighted by molar-refractivity contribution is 5.33. The Morgan fingerprint density at radius 3 is 2.44 bits per heavy atom. The van der Waals surface area contributed by atoms with Crippen LogP contribution < -0.4 is 5.32 Å². The van der Waals surface area contributed by atoms with E-state index in [0.29, 0.717) is 0 Å². The highest BCUT2D eigenvalue weighted by atomic mass is 16.6. The minimum atomic E-state index is -0.353. The van der Waals surface area contributed by atoms with E-state index in [1.165, 1.54) is 18.4 Å². The molecule has 1 aromatic carbocycles. The summed E-state index contributed by atoms with van der Waals surface area (Å²) in [6, 6.07) is 6.94. The smallest absolute Gasteiger partial charge is 0.269 e. The van der Waals surface area contributed by atoms with E-state index in [2.05, 4.69) is 5.32 Å². The fraction of sp³-hybridized carbons (Fsp3) is 0.500. The predicted molar refractivity (Wildman–Crippen MR) is 62.4 cm³/mol. The molecule has 0 radical (unpaired) electrons. The maximum Gasteiger partial charge on any atom is 0.269 e. The average Bonchev–Trinajstić information content (AvgIpc) is 2.31. The molecule has 1 aliphatic heterocycles. The van der Waals surface area contributed by atoms with Gasteiger partial charge in [-0.1, -0.05) is 12.1 Å². The number of nitrogens with zero attached hydrogens (tertiary/aromatic N) is 1. The van der Waals surface area contributed by atoms with Gasteiger partial charge in [0.25, 0.3) is 5.69 Å². The first-order valence-electron chi connectivity index (χ1n) is 5.70. The summed E-state index contributed by atoms with van der Waals surface area (Å²) in [6.07, 6.45) is 3.45. The third-order valence-electron chi connectivity index (χ3n) is 3.13. The van der Waals surface area contributed by atoms with Crippen LogP contribution in [0.25, 0.3) is 0 Å². The Bertz CT molecular complexity index is 356. The fourth-order valence-corrected chi connectivity index (χ4v) is 2.17. The summed E-state index contributed by atoms with van der Waals surface area (Å²) in [7, 11) is 0. The van der Waals surface area contributed by atoms with E-state index in [-0.39, 0.29) is 10.6 Å². The van der Waals surface area contributed by atoms with E-state index in [1.807, 2.05) is 12.1 Å². The van der Waals surface area contributed by atoms with Crippen molar-refractivity contribution >= 4 is 5.69 Å². The minimum Gasteiger partial charge on any atom is -0.317 e. The van der Waals surface area contributed by atoms with Crippen LogP contribution in [0.5, 0.6) is 0 Å². The predicted octanol–water partition coefficient (Wildman–Crippen LogP) is 2.14. The molecule has 1 fully saturated rings. The van der Waals surface area contributed by atoms with Crippen LogP contribution in [-0.4, -0.2) is 18.0 Å². The number of nitro benzene ring substituents is 1. The molecule has 4 heteroatoms. The second-order valence-electron chi connectivity index (χ2n) is 4.32. The Hall–Kier alpha value is -1.42. The van der Waals surface area contributed by atoms with Gasteiger partial charge in [-0.15, -0.1) is 0 Å². The number of nitro groups is 1. The van der Waals surface area contributed by atoms with Gasteiger partial charge in [-0.05, 0) is 43.8 Å². The lowest BCUT2D eigenvalue weighted by Crippen LogP contribution is -2.28. The molecule has 0 bridgehead atoms. The van der Waals surface area contributed by atoms with Crippen LogP contribution in [0.15, 0.2) is 24.3 Å². The van der Waals surface area contributed by atoms with Crippen molar-refractivity contribution in [3.05, 3.63) is 39.9 Å². The summed E-state index contributed by atoms with van der Waals surface area (Å²) in [5, 5.41) is 13.8. The van der Waals surface area contributed by atoms with Crippen LogP contribution in [0.2, 0.25) is 0 Å². The molecular formula is C12H16N2O2. The molecule has 0 saturated carbocycles. The van der Waals surface area contributed by atoms with Gasteiger partial charge in [0.1, 0.15) is 0 Å². The molecule has 0 atom stereocenters. The molecule has 0 amide bonds. The van der Waals surface area contributed by atoms with Gasteiger partial charge in [0.15, 0.2) is 0 Å². The Kier molecular flexibility index (Phi) is 3.51. The van der Waals surface area contributed by atoms with Gasteiger partial charge in [-0.2, -0.15) is 0 Å². The van der Waals surface area contributed by atoms with Gasteiger partial charge in [-0.3, -0.25) is 10.1 Å². The van der Waals surface area contributed by atoms with E-state index in [4.69, 9.17) is 0 Å². The molecule has 16 heavy (non-hydrogen) atoms. The lowest BCUT2D eigenvalue weighted by Gasteiger charge is -2.22. The third kappa shape index (κ3) is 2.79. The van der Waals surface area contributed by atoms with Crippen molar-refractivity contribution in [1.29, 1.82) is 0 Å². The van der Waals surface area contributed by atoms with Crippen molar-refractivity contribution in [3.8, 4) is 0 Å². The molecule has 0 spiro atoms. The topological polar surface area (TPSA) is 55.2 Å². The number of hydrogen-bond acceptors (Lipinski definition) is 3. The van der Waals surface area contributed by atoms with Crippen LogP contribution in [-0.2, 0) is 6.42 Å². The zero-order valence-electron chi connectivity index (χ0n) is 9.19. The number of benzene rings is 1. The van der Waals surface area contributed by atoms with Crippen molar-refractivity contribution in [1.82, 2.24) is 5.32 Å². The van der Waals surface area contributed by atoms with E-state index in [1.54, 1.807) is 12.1 Å². The SMILES string of the molecule is O=[N+]([O-])c1ccc(CC2CCNCC2)cc1. The van der Waals surface area contributed by atoms with Crippen molar-refractivity contribution < 1.29 is 4.92 Å². The fourth-order valence-electron chi connectivity index (χ4n) is 2.17. The normalized spacial score (nSPS) is 17.2. The van der Waals surface area contributed by atoms with Crippen LogP contribution in [0.3, 0.4) is 0 Å². The second-order valence-corrected chi connectivity index (χ2v) is 4.32. The van der Waals surface area contributed by atoms with Gasteiger partial charge in [0.05, 0.1) is 4.92 Å². The molecule has 1 N–H and O–H groups in total. The quantitative estimate of drug-likeness (QED) is 0.627. The molecule has 86 valence electrons. The van der Waals surface area contributed by atoms with Crippen LogP contribution in [0.4, 0.5) is 5.69 Å². The highest BCUT2D eigenvalue weighted by Crippen LogP contribution is 2.19. The average molecular weight is 220 g/mol. The summed E-state index contributed by atoms with van der Waals surface area (Å²) in [5.74, 6) is 0.725. The van der Waals surface area contributed by atoms with E-state index < -0.39 is 0 Å². The van der Waals surface area contributed by atoms with Gasteiger partial charge < -0.3 is 5.32 Å². The molecule has 0 aliphatic carbocycles. The second kappa shape index (κ2) is 5.07. The minimum absolute atomic E-state index is 0.175. The van der Waals surface area contributed by atoms with E-state index >= 15 is 0 Å². The van der Waals surface area contributed by atoms with Crippen molar-refractivity contribution in [2.24, 2.45) is 5.92 Å². The molecule has 1 saturated heterocycles. The Morgan fingerprint density at radius 1 is 1.25 bits per heavy atom. The summed E-state index contributed by atoms with van der Waals surface area (Å²) in [6.45, 7) is 2.19. The highest BCUT2D eigenvalue weighted by Gasteiger charge is 2.13. The number of non-ortho nitro benzene ring substituents is 1. The summed E-state index contributed by atoms with van der Waals surface area (Å²) in [5.41, 5.74) is 1.38. The van der Waals surface area contributed by atoms with Gasteiger partial charge in [0.2, 0.25) is 0 Å². The van der Waals surface area contributed by atoms with Gasteiger partial charge in [0, 0.05) is 12.1 Å². The zero-order valence-corrected chi connectivity index (χ0v) is 9.19. The maximum atomic E-state index is 10.5. The summed E-state index contributed by atoms with van der Waals surface area (Å²) < 4.78 is 0. The third-order valence-corrected chi connectivity index (χ3v) is 3.13. The maximum absolute atomic E-state index is 10.5. The molecular weight excluding hydrogens is 204 g/mol. The molecule has 0 unspecified atom stereocenters. The largest absolute Gasteiger partial charge is 0.317 e. The first kappa shape index (κ1) is 11.1. The van der Waals surface area contributed by atoms with Crippen LogP contribution >= 0.6 is 0 Å².